The summed E-state index contributed by atoms with van der Waals surface area (Å²) in [5, 5.41) is 0. The Hall–Kier alpha value is -1.06. The summed E-state index contributed by atoms with van der Waals surface area (Å²) >= 11 is 0. The molecule has 0 atom stereocenters. The minimum atomic E-state index is 0.552. The Bertz CT molecular complexity index is 334. The van der Waals surface area contributed by atoms with E-state index < -0.39 is 0 Å². The van der Waals surface area contributed by atoms with Gasteiger partial charge in [0.1, 0.15) is 0 Å². The fraction of sp³-hybridized carbons (Fsp3) is 0.571. The van der Waals surface area contributed by atoms with Gasteiger partial charge in [-0.3, -0.25) is 4.90 Å². The first-order chi connectivity index (χ1) is 7.99. The van der Waals surface area contributed by atoms with Crippen LogP contribution in [0.1, 0.15) is 19.4 Å². The molecule has 0 aliphatic rings. The van der Waals surface area contributed by atoms with E-state index in [1.807, 2.05) is 12.1 Å². The summed E-state index contributed by atoms with van der Waals surface area (Å²) in [5.74, 6) is 0. The summed E-state index contributed by atoms with van der Waals surface area (Å²) in [6, 6.07) is 8.71. The first-order valence-electron chi connectivity index (χ1n) is 6.22. The van der Waals surface area contributed by atoms with Gasteiger partial charge in [-0.1, -0.05) is 12.1 Å². The topological polar surface area (TPSA) is 32.5 Å². The quantitative estimate of drug-likeness (QED) is 0.766. The summed E-state index contributed by atoms with van der Waals surface area (Å²) in [5.41, 5.74) is 7.94. The third-order valence-corrected chi connectivity index (χ3v) is 2.90. The lowest BCUT2D eigenvalue weighted by atomic mass is 10.1. The van der Waals surface area contributed by atoms with Gasteiger partial charge in [-0.05, 0) is 45.6 Å². The van der Waals surface area contributed by atoms with Crippen molar-refractivity contribution in [3.63, 3.8) is 0 Å². The predicted octanol–water partition coefficient (Wildman–Crippen LogP) is 2.04. The second-order valence-electron chi connectivity index (χ2n) is 5.11. The predicted molar refractivity (Wildman–Crippen MR) is 75.0 cm³/mol. The van der Waals surface area contributed by atoms with Crippen LogP contribution in [0, 0.1) is 0 Å². The van der Waals surface area contributed by atoms with E-state index in [1.165, 1.54) is 5.56 Å². The summed E-state index contributed by atoms with van der Waals surface area (Å²) < 4.78 is 0. The van der Waals surface area contributed by atoms with Crippen LogP contribution < -0.4 is 5.73 Å². The van der Waals surface area contributed by atoms with E-state index in [4.69, 9.17) is 5.73 Å². The molecule has 0 amide bonds. The van der Waals surface area contributed by atoms with Crippen LogP contribution in [0.25, 0.3) is 0 Å². The van der Waals surface area contributed by atoms with Gasteiger partial charge >= 0.3 is 0 Å². The van der Waals surface area contributed by atoms with E-state index in [-0.39, 0.29) is 0 Å². The molecule has 0 aliphatic carbocycles. The molecular weight excluding hydrogens is 210 g/mol. The van der Waals surface area contributed by atoms with Crippen molar-refractivity contribution >= 4 is 5.69 Å². The Morgan fingerprint density at radius 3 is 2.41 bits per heavy atom. The average molecular weight is 235 g/mol. The number of benzene rings is 1. The molecule has 0 saturated heterocycles. The van der Waals surface area contributed by atoms with Crippen LogP contribution >= 0.6 is 0 Å². The maximum atomic E-state index is 5.81. The molecule has 3 nitrogen and oxygen atoms in total. The van der Waals surface area contributed by atoms with Gasteiger partial charge in [0.05, 0.1) is 0 Å². The molecule has 2 N–H and O–H groups in total. The highest BCUT2D eigenvalue weighted by molar-refractivity contribution is 5.40. The lowest BCUT2D eigenvalue weighted by Gasteiger charge is -2.28. The first kappa shape index (κ1) is 14.0. The van der Waals surface area contributed by atoms with Crippen molar-refractivity contribution in [2.24, 2.45) is 0 Å². The molecule has 17 heavy (non-hydrogen) atoms. The molecule has 0 bridgehead atoms. The molecule has 96 valence electrons. The molecule has 0 aliphatic heterocycles. The average Bonchev–Trinajstić information content (AvgIpc) is 2.23. The highest BCUT2D eigenvalue weighted by Crippen LogP contribution is 2.11. The second-order valence-corrected chi connectivity index (χ2v) is 5.11. The Balaban J connectivity index is 2.60. The van der Waals surface area contributed by atoms with Crippen LogP contribution in [-0.4, -0.2) is 43.0 Å². The SMILES string of the molecule is CC(C)N(CCN(C)C)Cc1cccc(N)c1. The van der Waals surface area contributed by atoms with Gasteiger partial charge in [0.25, 0.3) is 0 Å². The normalized spacial score (nSPS) is 11.7. The first-order valence-corrected chi connectivity index (χ1v) is 6.22. The summed E-state index contributed by atoms with van der Waals surface area (Å²) in [6.45, 7) is 7.61. The molecule has 0 fully saturated rings. The molecule has 3 heteroatoms. The highest BCUT2D eigenvalue weighted by Gasteiger charge is 2.10. The molecular formula is C14H25N3. The highest BCUT2D eigenvalue weighted by atomic mass is 15.2. The van der Waals surface area contributed by atoms with Gasteiger partial charge < -0.3 is 10.6 Å². The zero-order valence-corrected chi connectivity index (χ0v) is 11.5. The van der Waals surface area contributed by atoms with E-state index in [0.717, 1.165) is 25.3 Å². The van der Waals surface area contributed by atoms with Crippen molar-refractivity contribution in [2.75, 3.05) is 32.9 Å². The van der Waals surface area contributed by atoms with Gasteiger partial charge in [0, 0.05) is 31.4 Å². The van der Waals surface area contributed by atoms with Crippen molar-refractivity contribution in [1.82, 2.24) is 9.80 Å². The zero-order chi connectivity index (χ0) is 12.8. The van der Waals surface area contributed by atoms with Crippen molar-refractivity contribution in [1.29, 1.82) is 0 Å². The van der Waals surface area contributed by atoms with Gasteiger partial charge in [0.15, 0.2) is 0 Å². The number of nitrogens with two attached hydrogens (primary N) is 1. The van der Waals surface area contributed by atoms with E-state index in [2.05, 4.69) is 49.9 Å². The fourth-order valence-corrected chi connectivity index (χ4v) is 1.77. The number of nitrogen functional groups attached to an aromatic ring is 1. The molecule has 0 spiro atoms. The largest absolute Gasteiger partial charge is 0.399 e. The summed E-state index contributed by atoms with van der Waals surface area (Å²) in [7, 11) is 4.22. The van der Waals surface area contributed by atoms with Gasteiger partial charge in [-0.25, -0.2) is 0 Å². The van der Waals surface area contributed by atoms with Crippen LogP contribution in [0.2, 0.25) is 0 Å². The molecule has 0 radical (unpaired) electrons. The summed E-state index contributed by atoms with van der Waals surface area (Å²) in [6.07, 6.45) is 0. The van der Waals surface area contributed by atoms with E-state index in [1.54, 1.807) is 0 Å². The smallest absolute Gasteiger partial charge is 0.0317 e. The van der Waals surface area contributed by atoms with Crippen LogP contribution in [0.4, 0.5) is 5.69 Å². The van der Waals surface area contributed by atoms with Crippen molar-refractivity contribution < 1.29 is 0 Å². The van der Waals surface area contributed by atoms with Crippen LogP contribution in [0.15, 0.2) is 24.3 Å². The third-order valence-electron chi connectivity index (χ3n) is 2.90. The Morgan fingerprint density at radius 1 is 1.18 bits per heavy atom. The molecule has 1 aromatic carbocycles. The van der Waals surface area contributed by atoms with Crippen molar-refractivity contribution in [3.8, 4) is 0 Å². The van der Waals surface area contributed by atoms with Crippen LogP contribution in [0.5, 0.6) is 0 Å². The zero-order valence-electron chi connectivity index (χ0n) is 11.5. The molecule has 1 rings (SSSR count). The number of hydrogen-bond acceptors (Lipinski definition) is 3. The second kappa shape index (κ2) is 6.62. The van der Waals surface area contributed by atoms with E-state index in [9.17, 15) is 0 Å². The number of rotatable bonds is 6. The number of anilines is 1. The molecule has 0 unspecified atom stereocenters. The molecule has 1 aromatic rings. The number of likely N-dealkylation sites (N-methyl/N-ethyl adjacent to an activating group) is 1. The van der Waals surface area contributed by atoms with Gasteiger partial charge in [-0.2, -0.15) is 0 Å². The molecule has 0 aromatic heterocycles. The third kappa shape index (κ3) is 5.20. The van der Waals surface area contributed by atoms with Crippen molar-refractivity contribution in [3.05, 3.63) is 29.8 Å². The summed E-state index contributed by atoms with van der Waals surface area (Å²) in [4.78, 5) is 4.68. The molecule has 0 heterocycles. The maximum absolute atomic E-state index is 5.81. The lowest BCUT2D eigenvalue weighted by Crippen LogP contribution is -2.36. The van der Waals surface area contributed by atoms with Crippen LogP contribution in [-0.2, 0) is 6.54 Å². The monoisotopic (exact) mass is 235 g/mol. The minimum Gasteiger partial charge on any atom is -0.399 e. The standard InChI is InChI=1S/C14H25N3/c1-12(2)17(9-8-16(3)4)11-13-6-5-7-14(15)10-13/h5-7,10,12H,8-9,11,15H2,1-4H3. The van der Waals surface area contributed by atoms with Gasteiger partial charge in [-0.15, -0.1) is 0 Å². The maximum Gasteiger partial charge on any atom is 0.0317 e. The number of nitrogens with zero attached hydrogens (tertiary/aromatic N) is 2. The Kier molecular flexibility index (Phi) is 5.45. The van der Waals surface area contributed by atoms with Gasteiger partial charge in [0.2, 0.25) is 0 Å². The van der Waals surface area contributed by atoms with Crippen molar-refractivity contribution in [2.45, 2.75) is 26.4 Å². The molecule has 0 saturated carbocycles. The Morgan fingerprint density at radius 2 is 1.88 bits per heavy atom. The van der Waals surface area contributed by atoms with Crippen LogP contribution in [0.3, 0.4) is 0 Å². The fourth-order valence-electron chi connectivity index (χ4n) is 1.77. The minimum absolute atomic E-state index is 0.552. The Labute approximate surface area is 105 Å². The van der Waals surface area contributed by atoms with E-state index >= 15 is 0 Å². The number of hydrogen-bond donors (Lipinski definition) is 1. The van der Waals surface area contributed by atoms with E-state index in [0.29, 0.717) is 6.04 Å². The lowest BCUT2D eigenvalue weighted by molar-refractivity contribution is 0.191.